The number of carbonyl (C=O) groups is 1. The summed E-state index contributed by atoms with van der Waals surface area (Å²) >= 11 is 1.41. The van der Waals surface area contributed by atoms with E-state index in [1.165, 1.54) is 11.8 Å². The van der Waals surface area contributed by atoms with Gasteiger partial charge in [0.1, 0.15) is 17.4 Å². The van der Waals surface area contributed by atoms with Crippen molar-refractivity contribution in [2.75, 3.05) is 17.3 Å². The van der Waals surface area contributed by atoms with Gasteiger partial charge in [0.05, 0.1) is 17.3 Å². The molecule has 2 heterocycles. The van der Waals surface area contributed by atoms with Crippen LogP contribution in [0.2, 0.25) is 0 Å². The third-order valence-corrected chi connectivity index (χ3v) is 8.09. The lowest BCUT2D eigenvalue weighted by atomic mass is 10.0. The maximum absolute atomic E-state index is 12.6. The van der Waals surface area contributed by atoms with Gasteiger partial charge in [-0.1, -0.05) is 48.5 Å². The standard InChI is InChI=1S/C21H21NO4S2/c23-20(13-27-17-10-11-28(24,25)14-17)22-21(15-6-2-1-3-7-15)19-12-16-8-4-5-9-18(16)26-19/h1-9,12,17,21H,10-11,13-14H2,(H,22,23). The number of hydrogen-bond donors (Lipinski definition) is 1. The van der Waals surface area contributed by atoms with E-state index in [0.717, 1.165) is 16.5 Å². The van der Waals surface area contributed by atoms with E-state index in [-0.39, 0.29) is 28.4 Å². The summed E-state index contributed by atoms with van der Waals surface area (Å²) in [6.07, 6.45) is 0.617. The number of para-hydroxylation sites is 1. The molecular formula is C21H21NO4S2. The van der Waals surface area contributed by atoms with Gasteiger partial charge in [0.2, 0.25) is 5.91 Å². The number of hydrogen-bond acceptors (Lipinski definition) is 5. The van der Waals surface area contributed by atoms with Crippen molar-refractivity contribution in [3.05, 3.63) is 72.0 Å². The first-order chi connectivity index (χ1) is 13.5. The predicted octanol–water partition coefficient (Wildman–Crippen LogP) is 3.56. The molecule has 1 saturated heterocycles. The van der Waals surface area contributed by atoms with Gasteiger partial charge in [-0.3, -0.25) is 4.79 Å². The Morgan fingerprint density at radius 1 is 1.14 bits per heavy atom. The van der Waals surface area contributed by atoms with Crippen LogP contribution in [-0.2, 0) is 14.6 Å². The van der Waals surface area contributed by atoms with Crippen molar-refractivity contribution in [3.8, 4) is 0 Å². The van der Waals surface area contributed by atoms with Crippen LogP contribution in [0.3, 0.4) is 0 Å². The Balaban J connectivity index is 1.50. The number of fused-ring (bicyclic) bond motifs is 1. The van der Waals surface area contributed by atoms with E-state index in [4.69, 9.17) is 4.42 Å². The van der Waals surface area contributed by atoms with Gasteiger partial charge >= 0.3 is 0 Å². The number of amides is 1. The molecule has 2 atom stereocenters. The number of carbonyl (C=O) groups excluding carboxylic acids is 1. The fraction of sp³-hybridized carbons (Fsp3) is 0.286. The SMILES string of the molecule is O=C(CSC1CCS(=O)(=O)C1)NC(c1ccccc1)c1cc2ccccc2o1. The first kappa shape index (κ1) is 19.1. The minimum absolute atomic E-state index is 0.00266. The molecule has 5 nitrogen and oxygen atoms in total. The molecule has 3 aromatic rings. The fourth-order valence-electron chi connectivity index (χ4n) is 3.40. The molecule has 0 spiro atoms. The first-order valence-electron chi connectivity index (χ1n) is 9.15. The van der Waals surface area contributed by atoms with Gasteiger partial charge in [-0.2, -0.15) is 0 Å². The molecule has 2 unspecified atom stereocenters. The quantitative estimate of drug-likeness (QED) is 0.666. The Morgan fingerprint density at radius 3 is 2.61 bits per heavy atom. The lowest BCUT2D eigenvalue weighted by Crippen LogP contribution is -2.31. The third-order valence-electron chi connectivity index (χ3n) is 4.81. The van der Waals surface area contributed by atoms with Gasteiger partial charge < -0.3 is 9.73 Å². The van der Waals surface area contributed by atoms with Crippen molar-refractivity contribution in [1.82, 2.24) is 5.32 Å². The molecule has 0 radical (unpaired) electrons. The highest BCUT2D eigenvalue weighted by Crippen LogP contribution is 2.29. The summed E-state index contributed by atoms with van der Waals surface area (Å²) in [5.74, 6) is 1.15. The monoisotopic (exact) mass is 415 g/mol. The number of rotatable bonds is 6. The van der Waals surface area contributed by atoms with Gasteiger partial charge in [-0.15, -0.1) is 11.8 Å². The predicted molar refractivity (Wildman–Crippen MR) is 112 cm³/mol. The summed E-state index contributed by atoms with van der Waals surface area (Å²) in [4.78, 5) is 12.6. The Bertz CT molecular complexity index is 1040. The van der Waals surface area contributed by atoms with Gasteiger partial charge in [0, 0.05) is 10.6 Å². The molecule has 0 bridgehead atoms. The highest BCUT2D eigenvalue weighted by Gasteiger charge is 2.29. The Labute approximate surface area is 168 Å². The van der Waals surface area contributed by atoms with Crippen LogP contribution < -0.4 is 5.32 Å². The maximum atomic E-state index is 12.6. The maximum Gasteiger partial charge on any atom is 0.230 e. The van der Waals surface area contributed by atoms with Gasteiger partial charge in [-0.25, -0.2) is 8.42 Å². The molecule has 1 N–H and O–H groups in total. The van der Waals surface area contributed by atoms with E-state index in [2.05, 4.69) is 5.32 Å². The molecule has 1 aliphatic heterocycles. The van der Waals surface area contributed by atoms with Crippen LogP contribution in [0.4, 0.5) is 0 Å². The molecule has 2 aromatic carbocycles. The van der Waals surface area contributed by atoms with E-state index in [1.807, 2.05) is 60.7 Å². The molecular weight excluding hydrogens is 394 g/mol. The zero-order valence-electron chi connectivity index (χ0n) is 15.2. The normalized spacial score (nSPS) is 19.5. The second-order valence-corrected chi connectivity index (χ2v) is 10.5. The number of thioether (sulfide) groups is 1. The lowest BCUT2D eigenvalue weighted by Gasteiger charge is -2.17. The van der Waals surface area contributed by atoms with Crippen LogP contribution in [0.1, 0.15) is 23.8 Å². The molecule has 1 fully saturated rings. The first-order valence-corrected chi connectivity index (χ1v) is 12.0. The summed E-state index contributed by atoms with van der Waals surface area (Å²) in [6, 6.07) is 19.0. The number of benzene rings is 2. The second kappa shape index (κ2) is 8.01. The van der Waals surface area contributed by atoms with Gasteiger partial charge in [0.15, 0.2) is 9.84 Å². The fourth-order valence-corrected chi connectivity index (χ4v) is 6.85. The number of sulfone groups is 1. The lowest BCUT2D eigenvalue weighted by molar-refractivity contribution is -0.119. The van der Waals surface area contributed by atoms with E-state index >= 15 is 0 Å². The Hall–Kier alpha value is -2.25. The van der Waals surface area contributed by atoms with Gasteiger partial charge in [-0.05, 0) is 24.1 Å². The Morgan fingerprint density at radius 2 is 1.89 bits per heavy atom. The third kappa shape index (κ3) is 4.42. The molecule has 7 heteroatoms. The van der Waals surface area contributed by atoms with Crippen molar-refractivity contribution < 1.29 is 17.6 Å². The van der Waals surface area contributed by atoms with Crippen LogP contribution in [0.15, 0.2) is 65.1 Å². The summed E-state index contributed by atoms with van der Waals surface area (Å²) in [5, 5.41) is 4.03. The van der Waals surface area contributed by atoms with E-state index in [0.29, 0.717) is 12.2 Å². The molecule has 146 valence electrons. The van der Waals surface area contributed by atoms with E-state index in [1.54, 1.807) is 0 Å². The van der Waals surface area contributed by atoms with Crippen molar-refractivity contribution in [2.45, 2.75) is 17.7 Å². The van der Waals surface area contributed by atoms with Crippen LogP contribution in [0.25, 0.3) is 11.0 Å². The number of nitrogens with one attached hydrogen (secondary N) is 1. The van der Waals surface area contributed by atoms with Crippen LogP contribution in [0, 0.1) is 0 Å². The minimum Gasteiger partial charge on any atom is -0.459 e. The number of furan rings is 1. The van der Waals surface area contributed by atoms with Crippen LogP contribution in [-0.4, -0.2) is 36.8 Å². The summed E-state index contributed by atoms with van der Waals surface area (Å²) in [5.41, 5.74) is 1.71. The molecule has 0 saturated carbocycles. The summed E-state index contributed by atoms with van der Waals surface area (Å²) in [6.45, 7) is 0. The van der Waals surface area contributed by atoms with Crippen molar-refractivity contribution in [3.63, 3.8) is 0 Å². The molecule has 1 aromatic heterocycles. The zero-order chi connectivity index (χ0) is 19.6. The molecule has 1 aliphatic rings. The van der Waals surface area contributed by atoms with Crippen molar-refractivity contribution in [1.29, 1.82) is 0 Å². The summed E-state index contributed by atoms with van der Waals surface area (Å²) in [7, 11) is -2.93. The van der Waals surface area contributed by atoms with Crippen LogP contribution in [0.5, 0.6) is 0 Å². The molecule has 1 amide bonds. The molecule has 4 rings (SSSR count). The zero-order valence-corrected chi connectivity index (χ0v) is 16.8. The minimum atomic E-state index is -2.93. The topological polar surface area (TPSA) is 76.4 Å². The van der Waals surface area contributed by atoms with Crippen molar-refractivity contribution in [2.24, 2.45) is 0 Å². The van der Waals surface area contributed by atoms with Gasteiger partial charge in [0.25, 0.3) is 0 Å². The van der Waals surface area contributed by atoms with E-state index < -0.39 is 15.9 Å². The van der Waals surface area contributed by atoms with Crippen molar-refractivity contribution >= 4 is 38.5 Å². The summed E-state index contributed by atoms with van der Waals surface area (Å²) < 4.78 is 29.2. The highest BCUT2D eigenvalue weighted by molar-refractivity contribution is 8.02. The smallest absolute Gasteiger partial charge is 0.230 e. The Kier molecular flexibility index (Phi) is 5.46. The largest absolute Gasteiger partial charge is 0.459 e. The highest BCUT2D eigenvalue weighted by atomic mass is 32.2. The average molecular weight is 416 g/mol. The van der Waals surface area contributed by atoms with E-state index in [9.17, 15) is 13.2 Å². The molecule has 0 aliphatic carbocycles. The van der Waals surface area contributed by atoms with Crippen LogP contribution >= 0.6 is 11.8 Å². The average Bonchev–Trinajstić information content (AvgIpc) is 3.27. The molecule has 28 heavy (non-hydrogen) atoms. The second-order valence-electron chi connectivity index (χ2n) is 6.93.